The Kier molecular flexibility index (Phi) is 5.53. The molecule has 0 aromatic rings. The third-order valence-corrected chi connectivity index (χ3v) is 5.90. The Morgan fingerprint density at radius 3 is 2.15 bits per heavy atom. The maximum Gasteiger partial charge on any atom is 0.0221 e. The highest BCUT2D eigenvalue weighted by atomic mass is 15.3. The van der Waals surface area contributed by atoms with Crippen LogP contribution in [-0.2, 0) is 0 Å². The summed E-state index contributed by atoms with van der Waals surface area (Å²) in [6, 6.07) is 2.35. The van der Waals surface area contributed by atoms with E-state index in [1.54, 1.807) is 0 Å². The summed E-state index contributed by atoms with van der Waals surface area (Å²) in [4.78, 5) is 2.86. The van der Waals surface area contributed by atoms with Gasteiger partial charge >= 0.3 is 0 Å². The molecule has 2 atom stereocenters. The standard InChI is InChI=1S/C18H36N2/c1-6-15-13-20(16(7-2)12-19-15)17-10-8-14(9-11-17)18(3,4)5/h14-17,19H,6-13H2,1-5H3. The molecule has 118 valence electrons. The molecule has 2 nitrogen and oxygen atoms in total. The summed E-state index contributed by atoms with van der Waals surface area (Å²) in [7, 11) is 0. The highest BCUT2D eigenvalue weighted by molar-refractivity contribution is 4.92. The Hall–Kier alpha value is -0.0800. The Labute approximate surface area is 126 Å². The van der Waals surface area contributed by atoms with Crippen molar-refractivity contribution in [1.29, 1.82) is 0 Å². The molecule has 1 saturated heterocycles. The average molecular weight is 280 g/mol. The van der Waals surface area contributed by atoms with Crippen LogP contribution in [0.25, 0.3) is 0 Å². The summed E-state index contributed by atoms with van der Waals surface area (Å²) in [6.07, 6.45) is 8.29. The average Bonchev–Trinajstić information content (AvgIpc) is 2.45. The molecule has 2 unspecified atom stereocenters. The lowest BCUT2D eigenvalue weighted by atomic mass is 9.71. The minimum absolute atomic E-state index is 0.504. The van der Waals surface area contributed by atoms with E-state index in [9.17, 15) is 0 Å². The molecule has 0 bridgehead atoms. The van der Waals surface area contributed by atoms with E-state index in [0.29, 0.717) is 5.41 Å². The first-order valence-electron chi connectivity index (χ1n) is 8.94. The molecule has 0 amide bonds. The Bertz CT molecular complexity index is 286. The summed E-state index contributed by atoms with van der Waals surface area (Å²) in [5.41, 5.74) is 0.504. The van der Waals surface area contributed by atoms with Crippen LogP contribution in [0, 0.1) is 11.3 Å². The van der Waals surface area contributed by atoms with Crippen molar-refractivity contribution in [2.24, 2.45) is 11.3 Å². The summed E-state index contributed by atoms with van der Waals surface area (Å²) in [6.45, 7) is 14.4. The number of hydrogen-bond acceptors (Lipinski definition) is 2. The van der Waals surface area contributed by atoms with Gasteiger partial charge < -0.3 is 5.32 Å². The molecule has 1 saturated carbocycles. The number of nitrogens with zero attached hydrogens (tertiary/aromatic N) is 1. The number of rotatable bonds is 3. The number of piperazine rings is 1. The van der Waals surface area contributed by atoms with E-state index < -0.39 is 0 Å². The lowest BCUT2D eigenvalue weighted by Gasteiger charge is -2.47. The van der Waals surface area contributed by atoms with Crippen molar-refractivity contribution in [2.45, 2.75) is 91.3 Å². The maximum atomic E-state index is 3.73. The van der Waals surface area contributed by atoms with Crippen molar-refractivity contribution in [3.8, 4) is 0 Å². The van der Waals surface area contributed by atoms with Crippen LogP contribution in [-0.4, -0.2) is 36.1 Å². The van der Waals surface area contributed by atoms with Gasteiger partial charge in [0, 0.05) is 31.2 Å². The summed E-state index contributed by atoms with van der Waals surface area (Å²) >= 11 is 0. The number of nitrogens with one attached hydrogen (secondary N) is 1. The zero-order chi connectivity index (χ0) is 14.8. The predicted octanol–water partition coefficient (Wildman–Crippen LogP) is 4.05. The van der Waals surface area contributed by atoms with Gasteiger partial charge in [-0.2, -0.15) is 0 Å². The van der Waals surface area contributed by atoms with E-state index in [-0.39, 0.29) is 0 Å². The van der Waals surface area contributed by atoms with Crippen LogP contribution < -0.4 is 5.32 Å². The molecule has 0 aromatic heterocycles. The van der Waals surface area contributed by atoms with Gasteiger partial charge in [0.2, 0.25) is 0 Å². The van der Waals surface area contributed by atoms with Crippen LogP contribution in [0.5, 0.6) is 0 Å². The lowest BCUT2D eigenvalue weighted by Crippen LogP contribution is -2.59. The molecule has 1 aliphatic heterocycles. The third-order valence-electron chi connectivity index (χ3n) is 5.90. The highest BCUT2D eigenvalue weighted by Crippen LogP contribution is 2.39. The third kappa shape index (κ3) is 3.76. The Morgan fingerprint density at radius 2 is 1.65 bits per heavy atom. The van der Waals surface area contributed by atoms with Crippen molar-refractivity contribution in [1.82, 2.24) is 10.2 Å². The molecule has 0 aromatic carbocycles. The fourth-order valence-electron chi connectivity index (χ4n) is 4.26. The molecule has 1 heterocycles. The van der Waals surface area contributed by atoms with Crippen LogP contribution in [0.3, 0.4) is 0 Å². The van der Waals surface area contributed by atoms with Gasteiger partial charge in [-0.3, -0.25) is 4.90 Å². The molecular formula is C18H36N2. The maximum absolute atomic E-state index is 3.73. The van der Waals surface area contributed by atoms with Gasteiger partial charge in [0.15, 0.2) is 0 Å². The van der Waals surface area contributed by atoms with Gasteiger partial charge in [-0.1, -0.05) is 34.6 Å². The van der Waals surface area contributed by atoms with E-state index in [4.69, 9.17) is 0 Å². The topological polar surface area (TPSA) is 15.3 Å². The van der Waals surface area contributed by atoms with Crippen LogP contribution >= 0.6 is 0 Å². The summed E-state index contributed by atoms with van der Waals surface area (Å²) in [5.74, 6) is 0.934. The Balaban J connectivity index is 1.93. The Morgan fingerprint density at radius 1 is 1.00 bits per heavy atom. The SMILES string of the molecule is CCC1CN(C2CCC(C(C)(C)C)CC2)C(CC)CN1. The van der Waals surface area contributed by atoms with Gasteiger partial charge in [-0.25, -0.2) is 0 Å². The van der Waals surface area contributed by atoms with Gasteiger partial charge in [0.1, 0.15) is 0 Å². The molecular weight excluding hydrogens is 244 g/mol. The second-order valence-electron chi connectivity index (χ2n) is 8.14. The molecule has 2 fully saturated rings. The van der Waals surface area contributed by atoms with Gasteiger partial charge in [0.05, 0.1) is 0 Å². The van der Waals surface area contributed by atoms with Crippen molar-refractivity contribution >= 4 is 0 Å². The van der Waals surface area contributed by atoms with Crippen molar-refractivity contribution < 1.29 is 0 Å². The fraction of sp³-hybridized carbons (Fsp3) is 1.00. The first-order valence-corrected chi connectivity index (χ1v) is 8.94. The van der Waals surface area contributed by atoms with Crippen molar-refractivity contribution in [3.05, 3.63) is 0 Å². The molecule has 2 rings (SSSR count). The monoisotopic (exact) mass is 280 g/mol. The van der Waals surface area contributed by atoms with E-state index in [1.165, 1.54) is 51.6 Å². The van der Waals surface area contributed by atoms with Crippen LogP contribution in [0.1, 0.15) is 73.1 Å². The fourth-order valence-corrected chi connectivity index (χ4v) is 4.26. The largest absolute Gasteiger partial charge is 0.311 e. The normalized spacial score (nSPS) is 37.0. The zero-order valence-electron chi connectivity index (χ0n) is 14.4. The number of hydrogen-bond donors (Lipinski definition) is 1. The lowest BCUT2D eigenvalue weighted by molar-refractivity contribution is 0.0358. The second-order valence-corrected chi connectivity index (χ2v) is 8.14. The van der Waals surface area contributed by atoms with Crippen molar-refractivity contribution in [3.63, 3.8) is 0 Å². The van der Waals surface area contributed by atoms with Crippen molar-refractivity contribution in [2.75, 3.05) is 13.1 Å². The van der Waals surface area contributed by atoms with Gasteiger partial charge in [0.25, 0.3) is 0 Å². The molecule has 0 radical (unpaired) electrons. The molecule has 2 heteroatoms. The summed E-state index contributed by atoms with van der Waals surface area (Å²) < 4.78 is 0. The minimum Gasteiger partial charge on any atom is -0.311 e. The molecule has 1 N–H and O–H groups in total. The zero-order valence-corrected chi connectivity index (χ0v) is 14.4. The summed E-state index contributed by atoms with van der Waals surface area (Å²) in [5, 5.41) is 3.73. The second kappa shape index (κ2) is 6.79. The van der Waals surface area contributed by atoms with E-state index in [0.717, 1.165) is 24.0 Å². The molecule has 20 heavy (non-hydrogen) atoms. The van der Waals surface area contributed by atoms with Crippen LogP contribution in [0.4, 0.5) is 0 Å². The quantitative estimate of drug-likeness (QED) is 0.839. The highest BCUT2D eigenvalue weighted by Gasteiger charge is 2.36. The smallest absolute Gasteiger partial charge is 0.0221 e. The van der Waals surface area contributed by atoms with Crippen LogP contribution in [0.2, 0.25) is 0 Å². The van der Waals surface area contributed by atoms with E-state index in [1.807, 2.05) is 0 Å². The molecule has 0 spiro atoms. The molecule has 1 aliphatic carbocycles. The van der Waals surface area contributed by atoms with Gasteiger partial charge in [-0.05, 0) is 49.9 Å². The van der Waals surface area contributed by atoms with Gasteiger partial charge in [-0.15, -0.1) is 0 Å². The van der Waals surface area contributed by atoms with Crippen LogP contribution in [0.15, 0.2) is 0 Å². The first-order chi connectivity index (χ1) is 9.45. The minimum atomic E-state index is 0.504. The van der Waals surface area contributed by atoms with E-state index in [2.05, 4.69) is 44.8 Å². The predicted molar refractivity (Wildman–Crippen MR) is 88.1 cm³/mol. The molecule has 2 aliphatic rings. The van der Waals surface area contributed by atoms with E-state index >= 15 is 0 Å². The first kappa shape index (κ1) is 16.3.